The molecule has 0 fully saturated rings. The predicted molar refractivity (Wildman–Crippen MR) is 28.4 cm³/mol. The lowest BCUT2D eigenvalue weighted by Gasteiger charge is -2.00. The third-order valence-corrected chi connectivity index (χ3v) is 0.615. The summed E-state index contributed by atoms with van der Waals surface area (Å²) in [5, 5.41) is 4.58. The van der Waals surface area contributed by atoms with E-state index in [1.807, 2.05) is 0 Å². The zero-order valence-electron chi connectivity index (χ0n) is 3.98. The van der Waals surface area contributed by atoms with Crippen LogP contribution >= 0.6 is 0 Å². The van der Waals surface area contributed by atoms with E-state index in [-0.39, 0.29) is 0 Å². The number of hydrogen-bond donors (Lipinski definition) is 0. The molecule has 1 aliphatic rings. The number of rotatable bonds is 1. The first-order chi connectivity index (χ1) is 3.93. The van der Waals surface area contributed by atoms with Crippen LogP contribution in [0.1, 0.15) is 0 Å². The van der Waals surface area contributed by atoms with E-state index in [4.69, 9.17) is 0 Å². The molecule has 4 heteroatoms. The Bertz CT molecular complexity index is 178. The van der Waals surface area contributed by atoms with Crippen molar-refractivity contribution >= 4 is 18.6 Å². The molecule has 1 amide bonds. The number of aliphatic imine (C=N–C) groups is 1. The Morgan fingerprint density at radius 3 is 3.00 bits per heavy atom. The van der Waals surface area contributed by atoms with E-state index in [9.17, 15) is 4.79 Å². The highest BCUT2D eigenvalue weighted by Gasteiger charge is 1.89. The van der Waals surface area contributed by atoms with Crippen LogP contribution in [-0.4, -0.2) is 23.6 Å². The molecule has 1 rings (SSSR count). The molecule has 0 saturated heterocycles. The van der Waals surface area contributed by atoms with Gasteiger partial charge in [0.2, 0.25) is 6.41 Å². The van der Waals surface area contributed by atoms with E-state index in [2.05, 4.69) is 16.0 Å². The van der Waals surface area contributed by atoms with Crippen LogP contribution in [-0.2, 0) is 4.79 Å². The summed E-state index contributed by atoms with van der Waals surface area (Å²) in [6.45, 7) is 0. The van der Waals surface area contributed by atoms with Gasteiger partial charge in [0.05, 0.1) is 6.20 Å². The molecule has 0 N–H and O–H groups in total. The topological polar surface area (TPSA) is 45.0 Å². The van der Waals surface area contributed by atoms with Crippen LogP contribution in [0, 0.1) is 0 Å². The van der Waals surface area contributed by atoms with Crippen molar-refractivity contribution in [3.05, 3.63) is 6.20 Å². The van der Waals surface area contributed by atoms with E-state index in [1.165, 1.54) is 12.5 Å². The van der Waals surface area contributed by atoms with Gasteiger partial charge < -0.3 is 0 Å². The van der Waals surface area contributed by atoms with Gasteiger partial charge >= 0.3 is 0 Å². The van der Waals surface area contributed by atoms with Gasteiger partial charge in [0.1, 0.15) is 6.34 Å². The molecule has 0 aliphatic carbocycles. The van der Waals surface area contributed by atoms with Gasteiger partial charge in [0.15, 0.2) is 0 Å². The second kappa shape index (κ2) is 2.04. The summed E-state index contributed by atoms with van der Waals surface area (Å²) in [5.74, 6) is 2.43. The lowest BCUT2D eigenvalue weighted by atomic mass is 10.9. The summed E-state index contributed by atoms with van der Waals surface area (Å²) in [6, 6.07) is 0. The lowest BCUT2D eigenvalue weighted by molar-refractivity contribution is -0.115. The van der Waals surface area contributed by atoms with Gasteiger partial charge in [0, 0.05) is 5.87 Å². The van der Waals surface area contributed by atoms with Crippen LogP contribution in [0.15, 0.2) is 16.3 Å². The molecule has 0 atom stereocenters. The Kier molecular flexibility index (Phi) is 1.21. The maximum absolute atomic E-state index is 9.86. The van der Waals surface area contributed by atoms with Gasteiger partial charge in [-0.2, -0.15) is 15.1 Å². The zero-order valence-corrected chi connectivity index (χ0v) is 3.98. The maximum Gasteiger partial charge on any atom is 0.234 e. The lowest BCUT2D eigenvalue weighted by Crippen LogP contribution is -2.07. The van der Waals surface area contributed by atoms with E-state index >= 15 is 0 Å². The number of carbonyl (C=O) groups is 1. The minimum absolute atomic E-state index is 0.568. The molecule has 0 unspecified atom stereocenters. The number of nitrogens with zero attached hydrogens (tertiary/aromatic N) is 3. The Labute approximate surface area is 45.8 Å². The highest BCUT2D eigenvalue weighted by molar-refractivity contribution is 5.73. The molecule has 40 valence electrons. The molecule has 4 nitrogen and oxygen atoms in total. The molecule has 0 aromatic carbocycles. The van der Waals surface area contributed by atoms with Gasteiger partial charge in [-0.1, -0.05) is 0 Å². The molecule has 0 radical (unpaired) electrons. The average Bonchev–Trinajstić information content (AvgIpc) is 1.90. The largest absolute Gasteiger partial charge is 0.276 e. The van der Waals surface area contributed by atoms with Crippen LogP contribution in [0.2, 0.25) is 0 Å². The molecule has 1 aliphatic heterocycles. The Balaban J connectivity index is 2.75. The standard InChI is InChI=1S/C4H3N3O/c8-4-7-2-1-5-3-6-7/h2-4H. The normalized spacial score (nSPS) is 14.8. The van der Waals surface area contributed by atoms with Crippen LogP contribution < -0.4 is 0 Å². The van der Waals surface area contributed by atoms with Crippen molar-refractivity contribution in [3.8, 4) is 0 Å². The summed E-state index contributed by atoms with van der Waals surface area (Å²) in [4.78, 5) is 13.3. The van der Waals surface area contributed by atoms with E-state index < -0.39 is 0 Å². The maximum atomic E-state index is 9.86. The quantitative estimate of drug-likeness (QED) is 0.422. The van der Waals surface area contributed by atoms with Crippen molar-refractivity contribution in [2.24, 2.45) is 10.1 Å². The smallest absolute Gasteiger partial charge is 0.234 e. The van der Waals surface area contributed by atoms with Crippen LogP contribution in [0.3, 0.4) is 0 Å². The minimum atomic E-state index is 0.568. The number of amides is 1. The molecule has 1 heterocycles. The highest BCUT2D eigenvalue weighted by Crippen LogP contribution is 1.83. The van der Waals surface area contributed by atoms with Gasteiger partial charge in [-0.15, -0.1) is 0 Å². The summed E-state index contributed by atoms with van der Waals surface area (Å²) in [5.41, 5.74) is 0. The fourth-order valence-electron chi connectivity index (χ4n) is 0.302. The van der Waals surface area contributed by atoms with Crippen molar-refractivity contribution in [2.45, 2.75) is 0 Å². The first kappa shape index (κ1) is 4.74. The van der Waals surface area contributed by atoms with Gasteiger partial charge in [0.25, 0.3) is 0 Å². The highest BCUT2D eigenvalue weighted by atomic mass is 16.1. The van der Waals surface area contributed by atoms with Crippen molar-refractivity contribution < 1.29 is 4.79 Å². The van der Waals surface area contributed by atoms with Crippen LogP contribution in [0.4, 0.5) is 0 Å². The summed E-state index contributed by atoms with van der Waals surface area (Å²) < 4.78 is 0. The summed E-state index contributed by atoms with van der Waals surface area (Å²) in [6.07, 6.45) is 3.15. The predicted octanol–water partition coefficient (Wildman–Crippen LogP) is -0.415. The molecule has 0 spiro atoms. The molecule has 0 bridgehead atoms. The van der Waals surface area contributed by atoms with Crippen molar-refractivity contribution in [3.63, 3.8) is 0 Å². The van der Waals surface area contributed by atoms with E-state index in [0.29, 0.717) is 6.41 Å². The first-order valence-corrected chi connectivity index (χ1v) is 1.98. The van der Waals surface area contributed by atoms with Gasteiger partial charge in [-0.3, -0.25) is 4.79 Å². The fourth-order valence-corrected chi connectivity index (χ4v) is 0.302. The van der Waals surface area contributed by atoms with Crippen LogP contribution in [0.5, 0.6) is 0 Å². The monoisotopic (exact) mass is 109 g/mol. The van der Waals surface area contributed by atoms with E-state index in [0.717, 1.165) is 5.01 Å². The number of hydrogen-bond acceptors (Lipinski definition) is 3. The second-order valence-corrected chi connectivity index (χ2v) is 1.10. The molecule has 0 aromatic heterocycles. The Morgan fingerprint density at radius 1 is 1.75 bits per heavy atom. The Morgan fingerprint density at radius 2 is 2.62 bits per heavy atom. The summed E-state index contributed by atoms with van der Waals surface area (Å²) in [7, 11) is 0. The minimum Gasteiger partial charge on any atom is -0.276 e. The fraction of sp³-hybridized carbons (Fsp3) is 0. The van der Waals surface area contributed by atoms with Crippen molar-refractivity contribution in [1.29, 1.82) is 0 Å². The Hall–Kier alpha value is -1.41. The molecule has 8 heavy (non-hydrogen) atoms. The number of hydrazone groups is 1. The third-order valence-electron chi connectivity index (χ3n) is 0.615. The summed E-state index contributed by atoms with van der Waals surface area (Å²) >= 11 is 0. The van der Waals surface area contributed by atoms with Crippen LogP contribution in [0.25, 0.3) is 0 Å². The van der Waals surface area contributed by atoms with Gasteiger partial charge in [-0.25, -0.2) is 0 Å². The molecule has 0 aromatic rings. The molecular weight excluding hydrogens is 106 g/mol. The van der Waals surface area contributed by atoms with Crippen molar-refractivity contribution in [1.82, 2.24) is 5.01 Å². The molecule has 0 saturated carbocycles. The van der Waals surface area contributed by atoms with Crippen molar-refractivity contribution in [2.75, 3.05) is 0 Å². The number of carbonyl (C=O) groups excluding carboxylic acids is 1. The zero-order chi connectivity index (χ0) is 5.82. The molecular formula is C4H3N3O. The SMILES string of the molecule is O=CN1C=C=NC=N1. The van der Waals surface area contributed by atoms with Gasteiger partial charge in [-0.05, 0) is 0 Å². The first-order valence-electron chi connectivity index (χ1n) is 1.98. The third kappa shape index (κ3) is 0.802. The van der Waals surface area contributed by atoms with E-state index in [1.54, 1.807) is 0 Å². The second-order valence-electron chi connectivity index (χ2n) is 1.10. The average molecular weight is 109 g/mol.